The molecule has 0 N–H and O–H groups in total. The Morgan fingerprint density at radius 2 is 0.519 bits per heavy atom. The van der Waals surface area contributed by atoms with Crippen LogP contribution < -0.4 is 9.80 Å². The fraction of sp³-hybridized carbons (Fsp3) is 0.115. The van der Waals surface area contributed by atoms with Crippen LogP contribution in [0.2, 0.25) is 0 Å². The van der Waals surface area contributed by atoms with Crippen molar-refractivity contribution in [3.8, 4) is 0 Å². The smallest absolute Gasteiger partial charge is 0.0468 e. The van der Waals surface area contributed by atoms with Crippen molar-refractivity contribution in [1.29, 1.82) is 0 Å². The van der Waals surface area contributed by atoms with Crippen LogP contribution in [0.3, 0.4) is 0 Å². The molecule has 0 aromatic heterocycles. The zero-order chi connectivity index (χ0) is 37.3. The zero-order valence-corrected chi connectivity index (χ0v) is 32.1. The van der Waals surface area contributed by atoms with Crippen LogP contribution in [-0.4, -0.2) is 0 Å². The molecule has 8 aromatic carbocycles. The van der Waals surface area contributed by atoms with Gasteiger partial charge in [-0.3, -0.25) is 0 Å². The second-order valence-corrected chi connectivity index (χ2v) is 14.8. The van der Waals surface area contributed by atoms with Crippen LogP contribution in [-0.2, 0) is 0 Å². The van der Waals surface area contributed by atoms with Gasteiger partial charge in [-0.2, -0.15) is 0 Å². The van der Waals surface area contributed by atoms with Crippen LogP contribution in [0.15, 0.2) is 170 Å². The number of hydrogen-bond acceptors (Lipinski definition) is 2. The van der Waals surface area contributed by atoms with E-state index in [2.05, 4.69) is 221 Å². The standard InChI is InChI=1S/C52H46N2/c1-35-7-21-47(22-8-35)53(48-23-9-36(2)10-24-48)51-29-19-43-31-41(15-17-45(43)33-51)39(5)40(6)42-16-18-46-34-52(30-20-44(46)32-42)54(49-25-11-37(3)12-26-49)50-27-13-38(4)14-28-50/h7-34H,1-6H3/b40-39+. The molecule has 0 unspecified atom stereocenters. The quantitative estimate of drug-likeness (QED) is 0.146. The van der Waals surface area contributed by atoms with Crippen LogP contribution in [0.5, 0.6) is 0 Å². The topological polar surface area (TPSA) is 6.48 Å². The Bertz CT molecular complexity index is 2350. The van der Waals surface area contributed by atoms with Gasteiger partial charge in [0.15, 0.2) is 0 Å². The fourth-order valence-corrected chi connectivity index (χ4v) is 7.31. The van der Waals surface area contributed by atoms with Gasteiger partial charge >= 0.3 is 0 Å². The predicted molar refractivity (Wildman–Crippen MR) is 234 cm³/mol. The van der Waals surface area contributed by atoms with E-state index in [0.717, 1.165) is 34.1 Å². The van der Waals surface area contributed by atoms with Crippen LogP contribution in [0.4, 0.5) is 34.1 Å². The Balaban J connectivity index is 1.10. The first kappa shape index (κ1) is 34.7. The van der Waals surface area contributed by atoms with Gasteiger partial charge in [0, 0.05) is 34.1 Å². The van der Waals surface area contributed by atoms with Crippen molar-refractivity contribution in [2.75, 3.05) is 9.80 Å². The third-order valence-electron chi connectivity index (χ3n) is 10.8. The van der Waals surface area contributed by atoms with Crippen LogP contribution in [0.1, 0.15) is 47.2 Å². The molecule has 8 aromatic rings. The van der Waals surface area contributed by atoms with Crippen molar-refractivity contribution in [1.82, 2.24) is 0 Å². The van der Waals surface area contributed by atoms with E-state index < -0.39 is 0 Å². The number of aryl methyl sites for hydroxylation is 4. The van der Waals surface area contributed by atoms with Gasteiger partial charge < -0.3 is 9.80 Å². The normalized spacial score (nSPS) is 11.8. The molecule has 0 saturated heterocycles. The van der Waals surface area contributed by atoms with Gasteiger partial charge in [0.25, 0.3) is 0 Å². The average molecular weight is 699 g/mol. The minimum atomic E-state index is 1.14. The molecule has 0 bridgehead atoms. The van der Waals surface area contributed by atoms with E-state index in [-0.39, 0.29) is 0 Å². The first-order chi connectivity index (χ1) is 26.2. The van der Waals surface area contributed by atoms with Gasteiger partial charge in [-0.1, -0.05) is 107 Å². The summed E-state index contributed by atoms with van der Waals surface area (Å²) < 4.78 is 0. The predicted octanol–water partition coefficient (Wildman–Crippen LogP) is 15.1. The highest BCUT2D eigenvalue weighted by atomic mass is 15.1. The number of anilines is 6. The lowest BCUT2D eigenvalue weighted by Crippen LogP contribution is -2.09. The summed E-state index contributed by atoms with van der Waals surface area (Å²) in [5.41, 5.74) is 16.9. The van der Waals surface area contributed by atoms with Gasteiger partial charge in [0.1, 0.15) is 0 Å². The first-order valence-electron chi connectivity index (χ1n) is 18.8. The maximum Gasteiger partial charge on any atom is 0.0468 e. The van der Waals surface area contributed by atoms with E-state index in [9.17, 15) is 0 Å². The molecule has 0 amide bonds. The van der Waals surface area contributed by atoms with Gasteiger partial charge in [-0.25, -0.2) is 0 Å². The number of rotatable bonds is 8. The van der Waals surface area contributed by atoms with Crippen molar-refractivity contribution in [2.24, 2.45) is 0 Å². The molecule has 0 fully saturated rings. The van der Waals surface area contributed by atoms with Crippen molar-refractivity contribution in [3.63, 3.8) is 0 Å². The van der Waals surface area contributed by atoms with E-state index >= 15 is 0 Å². The molecule has 54 heavy (non-hydrogen) atoms. The molecule has 264 valence electrons. The van der Waals surface area contributed by atoms with Gasteiger partial charge in [-0.05, 0) is 170 Å². The summed E-state index contributed by atoms with van der Waals surface area (Å²) in [7, 11) is 0. The minimum Gasteiger partial charge on any atom is -0.310 e. The Labute approximate surface area is 320 Å². The summed E-state index contributed by atoms with van der Waals surface area (Å²) in [6.07, 6.45) is 0. The molecule has 0 heterocycles. The lowest BCUT2D eigenvalue weighted by Gasteiger charge is -2.26. The maximum absolute atomic E-state index is 2.34. The summed E-state index contributed by atoms with van der Waals surface area (Å²) in [4.78, 5) is 4.68. The lowest BCUT2D eigenvalue weighted by atomic mass is 9.94. The molecule has 0 aliphatic rings. The molecule has 0 spiro atoms. The van der Waals surface area contributed by atoms with Gasteiger partial charge in [0.2, 0.25) is 0 Å². The van der Waals surface area contributed by atoms with Crippen molar-refractivity contribution >= 4 is 66.8 Å². The zero-order valence-electron chi connectivity index (χ0n) is 32.1. The first-order valence-corrected chi connectivity index (χ1v) is 18.8. The monoisotopic (exact) mass is 698 g/mol. The Kier molecular flexibility index (Phi) is 9.36. The number of hydrogen-bond donors (Lipinski definition) is 0. The molecule has 2 heteroatoms. The third kappa shape index (κ3) is 7.04. The molecule has 0 aliphatic carbocycles. The average Bonchev–Trinajstić information content (AvgIpc) is 3.20. The molecule has 0 saturated carbocycles. The van der Waals surface area contributed by atoms with Crippen LogP contribution in [0, 0.1) is 27.7 Å². The molecular formula is C52H46N2. The van der Waals surface area contributed by atoms with Crippen molar-refractivity contribution < 1.29 is 0 Å². The van der Waals surface area contributed by atoms with Crippen molar-refractivity contribution in [2.45, 2.75) is 41.5 Å². The maximum atomic E-state index is 2.34. The van der Waals surface area contributed by atoms with Crippen LogP contribution >= 0.6 is 0 Å². The second kappa shape index (κ2) is 14.6. The number of benzene rings is 8. The molecule has 8 rings (SSSR count). The molecule has 2 nitrogen and oxygen atoms in total. The van der Waals surface area contributed by atoms with Gasteiger partial charge in [0.05, 0.1) is 0 Å². The Morgan fingerprint density at radius 1 is 0.278 bits per heavy atom. The van der Waals surface area contributed by atoms with E-state index in [1.54, 1.807) is 0 Å². The molecule has 0 aliphatic heterocycles. The summed E-state index contributed by atoms with van der Waals surface area (Å²) in [5, 5.41) is 4.90. The van der Waals surface area contributed by atoms with E-state index in [0.29, 0.717) is 0 Å². The van der Waals surface area contributed by atoms with Gasteiger partial charge in [-0.15, -0.1) is 0 Å². The van der Waals surface area contributed by atoms with Crippen molar-refractivity contribution in [3.05, 3.63) is 203 Å². The SMILES string of the molecule is C/C(=C(/C)c1ccc2cc(N(c3ccc(C)cc3)c3ccc(C)cc3)ccc2c1)c1ccc2cc(N(c3ccc(C)cc3)c3ccc(C)cc3)ccc2c1. The van der Waals surface area contributed by atoms with Crippen LogP contribution in [0.25, 0.3) is 32.7 Å². The Morgan fingerprint density at radius 3 is 0.815 bits per heavy atom. The highest BCUT2D eigenvalue weighted by Crippen LogP contribution is 2.39. The summed E-state index contributed by atoms with van der Waals surface area (Å²) in [6, 6.07) is 62.4. The highest BCUT2D eigenvalue weighted by Gasteiger charge is 2.15. The molecule has 0 atom stereocenters. The largest absolute Gasteiger partial charge is 0.310 e. The summed E-state index contributed by atoms with van der Waals surface area (Å²) in [6.45, 7) is 13.0. The number of allylic oxidation sites excluding steroid dienone is 2. The summed E-state index contributed by atoms with van der Waals surface area (Å²) >= 11 is 0. The fourth-order valence-electron chi connectivity index (χ4n) is 7.31. The third-order valence-corrected chi connectivity index (χ3v) is 10.8. The lowest BCUT2D eigenvalue weighted by molar-refractivity contribution is 1.27. The van der Waals surface area contributed by atoms with E-state index in [1.165, 1.54) is 66.1 Å². The molecular weight excluding hydrogens is 653 g/mol. The molecule has 0 radical (unpaired) electrons. The highest BCUT2D eigenvalue weighted by molar-refractivity contribution is 5.97. The number of nitrogens with zero attached hydrogens (tertiary/aromatic N) is 2. The second-order valence-electron chi connectivity index (χ2n) is 14.8. The summed E-state index contributed by atoms with van der Waals surface area (Å²) in [5.74, 6) is 0. The number of fused-ring (bicyclic) bond motifs is 2. The Hall–Kier alpha value is -6.38. The van der Waals surface area contributed by atoms with E-state index in [1.807, 2.05) is 0 Å². The minimum absolute atomic E-state index is 1.14. The van der Waals surface area contributed by atoms with E-state index in [4.69, 9.17) is 0 Å².